The SMILES string of the molecule is C=C(C)C(=O)OC(CCCCC)C(C)(OC(=O)C(=C)C)C(C)CCCCCC. The third-order valence-electron chi connectivity index (χ3n) is 5.44. The third kappa shape index (κ3) is 9.07. The van der Waals surface area contributed by atoms with Crippen LogP contribution in [-0.4, -0.2) is 23.6 Å². The van der Waals surface area contributed by atoms with Gasteiger partial charge >= 0.3 is 11.9 Å². The minimum atomic E-state index is -0.902. The molecule has 0 spiro atoms. The molecule has 0 aromatic heterocycles. The summed E-state index contributed by atoms with van der Waals surface area (Å²) in [5.41, 5.74) is -0.200. The molecule has 0 aromatic rings. The number of ether oxygens (including phenoxy) is 2. The first kappa shape index (κ1) is 26.4. The maximum atomic E-state index is 12.4. The van der Waals surface area contributed by atoms with E-state index >= 15 is 0 Å². The Balaban J connectivity index is 5.63. The Labute approximate surface area is 172 Å². The fourth-order valence-electron chi connectivity index (χ4n) is 3.21. The minimum absolute atomic E-state index is 0.0530. The molecule has 0 aliphatic heterocycles. The van der Waals surface area contributed by atoms with Crippen molar-refractivity contribution in [2.45, 2.75) is 111 Å². The molecule has 0 saturated carbocycles. The van der Waals surface area contributed by atoms with Gasteiger partial charge in [0.05, 0.1) is 0 Å². The highest BCUT2D eigenvalue weighted by molar-refractivity contribution is 5.88. The summed E-state index contributed by atoms with van der Waals surface area (Å²) in [5.74, 6) is -0.816. The van der Waals surface area contributed by atoms with E-state index in [1.165, 1.54) is 12.8 Å². The van der Waals surface area contributed by atoms with Crippen LogP contribution in [0, 0.1) is 5.92 Å². The molecular weight excluding hydrogens is 352 g/mol. The van der Waals surface area contributed by atoms with Crippen molar-refractivity contribution in [2.75, 3.05) is 0 Å². The van der Waals surface area contributed by atoms with Crippen LogP contribution in [0.5, 0.6) is 0 Å². The van der Waals surface area contributed by atoms with Crippen molar-refractivity contribution < 1.29 is 19.1 Å². The van der Waals surface area contributed by atoms with Crippen LogP contribution in [0.3, 0.4) is 0 Å². The van der Waals surface area contributed by atoms with Gasteiger partial charge in [0.15, 0.2) is 0 Å². The summed E-state index contributed by atoms with van der Waals surface area (Å²) in [5, 5.41) is 0. The first-order chi connectivity index (χ1) is 13.1. The topological polar surface area (TPSA) is 52.6 Å². The molecule has 0 fully saturated rings. The molecule has 0 N–H and O–H groups in total. The van der Waals surface area contributed by atoms with Gasteiger partial charge in [-0.05, 0) is 46.0 Å². The standard InChI is InChI=1S/C24H42O4/c1-9-11-13-15-16-20(7)24(8,28-23(26)19(5)6)21(17-14-12-10-2)27-22(25)18(3)4/h20-21H,3,5,9-17H2,1-2,4,6-8H3. The molecule has 0 bridgehead atoms. The number of carbonyl (C=O) groups excluding carboxylic acids is 2. The summed E-state index contributed by atoms with van der Waals surface area (Å²) < 4.78 is 11.8. The smallest absolute Gasteiger partial charge is 0.333 e. The number of unbranched alkanes of at least 4 members (excludes halogenated alkanes) is 5. The number of carbonyl (C=O) groups is 2. The monoisotopic (exact) mass is 394 g/mol. The Morgan fingerprint density at radius 1 is 0.857 bits per heavy atom. The summed E-state index contributed by atoms with van der Waals surface area (Å²) in [6, 6.07) is 0. The molecule has 0 aliphatic rings. The van der Waals surface area contributed by atoms with Crippen LogP contribution in [0.4, 0.5) is 0 Å². The minimum Gasteiger partial charge on any atom is -0.455 e. The van der Waals surface area contributed by atoms with Crippen molar-refractivity contribution in [3.8, 4) is 0 Å². The number of rotatable bonds is 15. The Bertz CT molecular complexity index is 523. The van der Waals surface area contributed by atoms with Gasteiger partial charge in [0, 0.05) is 11.1 Å². The van der Waals surface area contributed by atoms with E-state index in [1.807, 2.05) is 6.92 Å². The lowest BCUT2D eigenvalue weighted by Gasteiger charge is -2.41. The molecule has 4 heteroatoms. The number of hydrogen-bond acceptors (Lipinski definition) is 4. The van der Waals surface area contributed by atoms with E-state index in [2.05, 4.69) is 33.9 Å². The Morgan fingerprint density at radius 2 is 1.36 bits per heavy atom. The lowest BCUT2D eigenvalue weighted by Crippen LogP contribution is -2.51. The zero-order chi connectivity index (χ0) is 21.7. The van der Waals surface area contributed by atoms with Gasteiger partial charge in [-0.2, -0.15) is 0 Å². The molecule has 0 amide bonds. The van der Waals surface area contributed by atoms with Gasteiger partial charge in [0.1, 0.15) is 11.7 Å². The molecule has 0 heterocycles. The van der Waals surface area contributed by atoms with E-state index in [-0.39, 0.29) is 5.92 Å². The molecule has 28 heavy (non-hydrogen) atoms. The molecule has 162 valence electrons. The van der Waals surface area contributed by atoms with Crippen LogP contribution in [0.15, 0.2) is 24.3 Å². The zero-order valence-electron chi connectivity index (χ0n) is 19.1. The molecule has 0 radical (unpaired) electrons. The lowest BCUT2D eigenvalue weighted by atomic mass is 9.79. The van der Waals surface area contributed by atoms with E-state index in [1.54, 1.807) is 13.8 Å². The average molecular weight is 395 g/mol. The Kier molecular flexibility index (Phi) is 12.8. The molecule has 0 saturated heterocycles. The molecule has 0 aliphatic carbocycles. The van der Waals surface area contributed by atoms with Crippen LogP contribution in [0.25, 0.3) is 0 Å². The van der Waals surface area contributed by atoms with E-state index in [0.717, 1.165) is 38.5 Å². The molecule has 4 nitrogen and oxygen atoms in total. The van der Waals surface area contributed by atoms with Crippen molar-refractivity contribution in [1.29, 1.82) is 0 Å². The van der Waals surface area contributed by atoms with Crippen molar-refractivity contribution in [2.24, 2.45) is 5.92 Å². The highest BCUT2D eigenvalue weighted by atomic mass is 16.6. The summed E-state index contributed by atoms with van der Waals surface area (Å²) in [6.07, 6.45) is 8.66. The summed E-state index contributed by atoms with van der Waals surface area (Å²) in [7, 11) is 0. The maximum absolute atomic E-state index is 12.4. The maximum Gasteiger partial charge on any atom is 0.333 e. The first-order valence-electron chi connectivity index (χ1n) is 10.8. The Morgan fingerprint density at radius 3 is 1.86 bits per heavy atom. The van der Waals surface area contributed by atoms with Gasteiger partial charge in [-0.25, -0.2) is 9.59 Å². The van der Waals surface area contributed by atoms with Crippen molar-refractivity contribution in [3.63, 3.8) is 0 Å². The lowest BCUT2D eigenvalue weighted by molar-refractivity contribution is -0.189. The average Bonchev–Trinajstić information content (AvgIpc) is 2.63. The second-order valence-corrected chi connectivity index (χ2v) is 8.27. The van der Waals surface area contributed by atoms with Gasteiger partial charge in [-0.1, -0.05) is 72.5 Å². The van der Waals surface area contributed by atoms with E-state index in [0.29, 0.717) is 17.6 Å². The molecule has 3 unspecified atom stereocenters. The van der Waals surface area contributed by atoms with Gasteiger partial charge in [0.25, 0.3) is 0 Å². The zero-order valence-corrected chi connectivity index (χ0v) is 19.1. The largest absolute Gasteiger partial charge is 0.455 e. The first-order valence-corrected chi connectivity index (χ1v) is 10.8. The highest BCUT2D eigenvalue weighted by Crippen LogP contribution is 2.35. The normalized spacial score (nSPS) is 15.2. The van der Waals surface area contributed by atoms with E-state index in [9.17, 15) is 9.59 Å². The fourth-order valence-corrected chi connectivity index (χ4v) is 3.21. The predicted molar refractivity (Wildman–Crippen MR) is 116 cm³/mol. The van der Waals surface area contributed by atoms with Gasteiger partial charge < -0.3 is 9.47 Å². The van der Waals surface area contributed by atoms with Crippen LogP contribution in [-0.2, 0) is 19.1 Å². The second kappa shape index (κ2) is 13.6. The summed E-state index contributed by atoms with van der Waals surface area (Å²) >= 11 is 0. The third-order valence-corrected chi connectivity index (χ3v) is 5.44. The summed E-state index contributed by atoms with van der Waals surface area (Å²) in [6.45, 7) is 19.0. The van der Waals surface area contributed by atoms with Gasteiger partial charge in [-0.15, -0.1) is 0 Å². The predicted octanol–water partition coefficient (Wildman–Crippen LogP) is 6.54. The molecular formula is C24H42O4. The van der Waals surface area contributed by atoms with Crippen LogP contribution < -0.4 is 0 Å². The van der Waals surface area contributed by atoms with Gasteiger partial charge in [-0.3, -0.25) is 0 Å². The second-order valence-electron chi connectivity index (χ2n) is 8.27. The van der Waals surface area contributed by atoms with E-state index < -0.39 is 23.6 Å². The van der Waals surface area contributed by atoms with Crippen molar-refractivity contribution in [1.82, 2.24) is 0 Å². The van der Waals surface area contributed by atoms with E-state index in [4.69, 9.17) is 9.47 Å². The van der Waals surface area contributed by atoms with Gasteiger partial charge in [0.2, 0.25) is 0 Å². The Hall–Kier alpha value is -1.58. The van der Waals surface area contributed by atoms with Crippen LogP contribution >= 0.6 is 0 Å². The highest BCUT2D eigenvalue weighted by Gasteiger charge is 2.45. The number of hydrogen-bond donors (Lipinski definition) is 0. The molecule has 3 atom stereocenters. The van der Waals surface area contributed by atoms with Crippen LogP contribution in [0.2, 0.25) is 0 Å². The fraction of sp³-hybridized carbons (Fsp3) is 0.750. The quantitative estimate of drug-likeness (QED) is 0.180. The summed E-state index contributed by atoms with van der Waals surface area (Å²) in [4.78, 5) is 24.7. The van der Waals surface area contributed by atoms with Crippen molar-refractivity contribution >= 4 is 11.9 Å². The van der Waals surface area contributed by atoms with Crippen molar-refractivity contribution in [3.05, 3.63) is 24.3 Å². The number of esters is 2. The molecule has 0 aromatic carbocycles. The van der Waals surface area contributed by atoms with Crippen LogP contribution in [0.1, 0.15) is 99.3 Å². The molecule has 0 rings (SSSR count).